The fourth-order valence-corrected chi connectivity index (χ4v) is 19.3. The number of rotatable bonds is 8. The highest BCUT2D eigenvalue weighted by atomic mass is 16.3. The van der Waals surface area contributed by atoms with Gasteiger partial charge in [-0.15, -0.1) is 0 Å². The van der Waals surface area contributed by atoms with Crippen molar-refractivity contribution in [2.24, 2.45) is 0 Å². The minimum atomic E-state index is 0.613. The number of hydrogen-bond donors (Lipinski definition) is 0. The molecule has 0 aliphatic rings. The van der Waals surface area contributed by atoms with Crippen LogP contribution in [0.3, 0.4) is 0 Å². The maximum absolute atomic E-state index is 9.66. The van der Waals surface area contributed by atoms with Crippen LogP contribution in [0, 0.1) is 22.7 Å². The molecule has 10 nitrogen and oxygen atoms in total. The number of aromatic nitrogens is 4. The third kappa shape index (κ3) is 10.1. The van der Waals surface area contributed by atoms with Gasteiger partial charge in [-0.05, 0) is 245 Å². The zero-order chi connectivity index (χ0) is 79.0. The second kappa shape index (κ2) is 25.9. The van der Waals surface area contributed by atoms with Crippen LogP contribution in [0.15, 0.2) is 394 Å². The summed E-state index contributed by atoms with van der Waals surface area (Å²) in [5.41, 5.74) is 30.7. The van der Waals surface area contributed by atoms with E-state index in [1.165, 1.54) is 65.3 Å². The number of para-hydroxylation sites is 6. The highest BCUT2D eigenvalue weighted by Gasteiger charge is 2.24. The lowest BCUT2D eigenvalue weighted by molar-refractivity contribution is 0.668. The van der Waals surface area contributed by atoms with Gasteiger partial charge in [-0.25, -0.2) is 0 Å². The van der Waals surface area contributed by atoms with Crippen molar-refractivity contribution in [2.45, 2.75) is 0 Å². The maximum atomic E-state index is 9.66. The first-order chi connectivity index (χ1) is 59.4. The van der Waals surface area contributed by atoms with Crippen LogP contribution in [0.25, 0.3) is 242 Å². The predicted octanol–water partition coefficient (Wildman–Crippen LogP) is 29.8. The van der Waals surface area contributed by atoms with Crippen molar-refractivity contribution in [3.63, 3.8) is 0 Å². The molecule has 0 N–H and O–H groups in total. The van der Waals surface area contributed by atoms with Gasteiger partial charge in [0.1, 0.15) is 44.7 Å². The summed E-state index contributed by atoms with van der Waals surface area (Å²) in [5, 5.41) is 37.2. The van der Waals surface area contributed by atoms with Gasteiger partial charge in [0.15, 0.2) is 0 Å². The Morgan fingerprint density at radius 2 is 0.475 bits per heavy atom. The van der Waals surface area contributed by atoms with Crippen LogP contribution >= 0.6 is 0 Å². The van der Waals surface area contributed by atoms with Crippen molar-refractivity contribution in [3.05, 3.63) is 387 Å². The monoisotopic (exact) mass is 1530 g/mol. The fraction of sp³-hybridized carbons (Fsp3) is 0. The number of hydrogen-bond acceptors (Lipinski definition) is 6. The van der Waals surface area contributed by atoms with E-state index in [4.69, 9.17) is 17.7 Å². The molecule has 18 aromatic carbocycles. The second-order valence-electron chi connectivity index (χ2n) is 31.2. The predicted molar refractivity (Wildman–Crippen MR) is 491 cm³/mol. The smallest absolute Gasteiger partial charge is 0.135 e. The zero-order valence-corrected chi connectivity index (χ0v) is 64.1. The zero-order valence-electron chi connectivity index (χ0n) is 64.1. The first-order valence-electron chi connectivity index (χ1n) is 40.3. The molecule has 0 spiro atoms. The Balaban J connectivity index is 0.000000133. The molecular weight excluding hydrogens is 1470 g/mol. The van der Waals surface area contributed by atoms with Gasteiger partial charge < -0.3 is 35.9 Å². The summed E-state index contributed by atoms with van der Waals surface area (Å²) < 4.78 is 34.2. The number of benzene rings is 18. The summed E-state index contributed by atoms with van der Waals surface area (Å²) in [4.78, 5) is 0. The SMILES string of the molecule is N#Cc1ccc2oc3ccc(-n4c5ccccc5c5c(-c6ccc7c(c6)c6cc(-c8ccc9oc%10ccccc%10c9c8)ccc6n7-c6ccccc6)cccc54)cc3c2c1.N#Cc1ccc2oc3ccc(-n4c5ccccc5c5c(-c6cccc(-c7ccc8c(c7)c7ccccc7n8-c7ccc8oc9ccccc9c8c7)c6)cccc54)cc3c2c1. The molecule has 0 fully saturated rings. The van der Waals surface area contributed by atoms with E-state index in [-0.39, 0.29) is 0 Å². The molecule has 0 amide bonds. The standard InChI is InChI=1S/2C55H31N3O2/c56-32-33-19-24-52-44(27-33)46-31-38(22-26-54(46)60-52)58-48-16-5-2-13-42(48)55-39(14-8-17-50(55)58)36-10-7-9-34(28-36)35-20-23-49-43(29-35)40-11-1-4-15-47(40)57(49)37-21-25-53-45(30-37)41-12-3-6-18-51(41)59-53;56-32-33-17-24-52-44(27-33)46-31-38(21-26-54(46)60-52)58-47-14-6-4-12-41(47)55-39(13-8-15-50(55)58)36-19-23-49-43(30-36)42-28-34(18-22-48(42)57(49)37-9-2-1-3-10-37)35-20-25-53-45(29-35)40-11-5-7-16-51(40)59-53/h2*1-31H. The Hall–Kier alpha value is -16.7. The summed E-state index contributed by atoms with van der Waals surface area (Å²) in [7, 11) is 0. The van der Waals surface area contributed by atoms with Crippen molar-refractivity contribution in [1.29, 1.82) is 10.5 Å². The molecule has 26 rings (SSSR count). The molecule has 0 saturated carbocycles. The molecule has 0 atom stereocenters. The van der Waals surface area contributed by atoms with Crippen LogP contribution in [0.5, 0.6) is 0 Å². The molecule has 0 saturated heterocycles. The van der Waals surface area contributed by atoms with E-state index in [9.17, 15) is 10.5 Å². The first-order valence-corrected chi connectivity index (χ1v) is 40.3. The molecule has 26 aromatic rings. The van der Waals surface area contributed by atoms with E-state index >= 15 is 0 Å². The van der Waals surface area contributed by atoms with Gasteiger partial charge in [0, 0.05) is 109 Å². The van der Waals surface area contributed by atoms with Crippen molar-refractivity contribution in [2.75, 3.05) is 0 Å². The molecule has 10 heteroatoms. The van der Waals surface area contributed by atoms with Gasteiger partial charge in [-0.3, -0.25) is 0 Å². The number of nitriles is 2. The molecule has 8 heterocycles. The lowest BCUT2D eigenvalue weighted by Crippen LogP contribution is -1.93. The molecule has 556 valence electrons. The summed E-state index contributed by atoms with van der Waals surface area (Å²) >= 11 is 0. The lowest BCUT2D eigenvalue weighted by atomic mass is 9.95. The van der Waals surface area contributed by atoms with Crippen LogP contribution < -0.4 is 0 Å². The van der Waals surface area contributed by atoms with Crippen molar-refractivity contribution in [3.8, 4) is 79.4 Å². The Bertz CT molecular complexity index is 8980. The first kappa shape index (κ1) is 66.7. The van der Waals surface area contributed by atoms with Crippen LogP contribution in [0.1, 0.15) is 11.1 Å². The van der Waals surface area contributed by atoms with E-state index in [1.54, 1.807) is 12.1 Å². The maximum Gasteiger partial charge on any atom is 0.135 e. The van der Waals surface area contributed by atoms with Gasteiger partial charge in [-0.2, -0.15) is 10.5 Å². The summed E-state index contributed by atoms with van der Waals surface area (Å²) in [6.45, 7) is 0. The molecular formula is C110H62N6O4. The van der Waals surface area contributed by atoms with Crippen molar-refractivity contribution in [1.82, 2.24) is 18.3 Å². The normalized spacial score (nSPS) is 12.0. The van der Waals surface area contributed by atoms with E-state index in [0.717, 1.165) is 177 Å². The molecule has 0 aliphatic heterocycles. The fourth-order valence-electron chi connectivity index (χ4n) is 19.3. The number of nitrogens with zero attached hydrogens (tertiary/aromatic N) is 6. The highest BCUT2D eigenvalue weighted by molar-refractivity contribution is 6.21. The van der Waals surface area contributed by atoms with Crippen molar-refractivity contribution < 1.29 is 17.7 Å². The van der Waals surface area contributed by atoms with E-state index < -0.39 is 0 Å². The minimum absolute atomic E-state index is 0.613. The van der Waals surface area contributed by atoms with Crippen molar-refractivity contribution >= 4 is 175 Å². The Morgan fingerprint density at radius 3 is 0.975 bits per heavy atom. The van der Waals surface area contributed by atoms with Crippen LogP contribution in [0.2, 0.25) is 0 Å². The topological polar surface area (TPSA) is 120 Å². The molecule has 0 aliphatic carbocycles. The van der Waals surface area contributed by atoms with E-state index in [0.29, 0.717) is 11.1 Å². The van der Waals surface area contributed by atoms with Gasteiger partial charge >= 0.3 is 0 Å². The number of fused-ring (bicyclic) bond motifs is 24. The second-order valence-corrected chi connectivity index (χ2v) is 31.2. The summed E-state index contributed by atoms with van der Waals surface area (Å²) in [6.07, 6.45) is 0. The summed E-state index contributed by atoms with van der Waals surface area (Å²) in [6, 6.07) is 138. The lowest BCUT2D eigenvalue weighted by Gasteiger charge is -2.11. The Labute approximate surface area is 683 Å². The average Bonchev–Trinajstić information content (AvgIpc) is 1.58. The Morgan fingerprint density at radius 1 is 0.175 bits per heavy atom. The van der Waals surface area contributed by atoms with Gasteiger partial charge in [0.25, 0.3) is 0 Å². The molecule has 0 unspecified atom stereocenters. The number of furan rings is 4. The van der Waals surface area contributed by atoms with Crippen LogP contribution in [-0.4, -0.2) is 18.3 Å². The quantitative estimate of drug-likeness (QED) is 0.149. The van der Waals surface area contributed by atoms with Gasteiger partial charge in [-0.1, -0.05) is 176 Å². The Kier molecular flexibility index (Phi) is 14.4. The third-order valence-electron chi connectivity index (χ3n) is 24.7. The van der Waals surface area contributed by atoms with E-state index in [2.05, 4.69) is 334 Å². The molecule has 8 aromatic heterocycles. The average molecular weight is 1530 g/mol. The van der Waals surface area contributed by atoms with E-state index in [1.807, 2.05) is 60.7 Å². The van der Waals surface area contributed by atoms with Gasteiger partial charge in [0.2, 0.25) is 0 Å². The van der Waals surface area contributed by atoms with Crippen LogP contribution in [0.4, 0.5) is 0 Å². The minimum Gasteiger partial charge on any atom is -0.456 e. The highest BCUT2D eigenvalue weighted by Crippen LogP contribution is 2.47. The summed E-state index contributed by atoms with van der Waals surface area (Å²) in [5.74, 6) is 0. The molecule has 0 bridgehead atoms. The molecule has 120 heavy (non-hydrogen) atoms. The van der Waals surface area contributed by atoms with Gasteiger partial charge in [0.05, 0.1) is 67.4 Å². The molecule has 0 radical (unpaired) electrons. The largest absolute Gasteiger partial charge is 0.456 e. The van der Waals surface area contributed by atoms with Crippen LogP contribution in [-0.2, 0) is 0 Å². The third-order valence-corrected chi connectivity index (χ3v) is 24.7.